The van der Waals surface area contributed by atoms with E-state index in [1.54, 1.807) is 45.3 Å². The molecule has 0 bridgehead atoms. The summed E-state index contributed by atoms with van der Waals surface area (Å²) in [5.74, 6) is 0.516. The minimum Gasteiger partial charge on any atom is -0.493 e. The van der Waals surface area contributed by atoms with Crippen LogP contribution in [0, 0.1) is 5.41 Å². The van der Waals surface area contributed by atoms with Crippen LogP contribution in [0.25, 0.3) is 10.9 Å². The number of esters is 1. The zero-order valence-corrected chi connectivity index (χ0v) is 19.0. The van der Waals surface area contributed by atoms with Crippen molar-refractivity contribution < 1.29 is 19.0 Å². The molecule has 32 heavy (non-hydrogen) atoms. The molecule has 0 N–H and O–H groups in total. The summed E-state index contributed by atoms with van der Waals surface area (Å²) in [7, 11) is 3.48. The van der Waals surface area contributed by atoms with Crippen LogP contribution in [0.4, 0.5) is 5.69 Å². The molecule has 3 rings (SSSR count). The van der Waals surface area contributed by atoms with Crippen LogP contribution in [0.2, 0.25) is 0 Å². The largest absolute Gasteiger partial charge is 0.493 e. The molecular weight excluding hydrogens is 412 g/mol. The molecule has 3 aromatic rings. The molecule has 0 aliphatic carbocycles. The zero-order valence-electron chi connectivity index (χ0n) is 19.0. The summed E-state index contributed by atoms with van der Waals surface area (Å²) < 4.78 is 17.8. The van der Waals surface area contributed by atoms with E-state index >= 15 is 0 Å². The van der Waals surface area contributed by atoms with Crippen molar-refractivity contribution in [2.75, 3.05) is 32.2 Å². The quantitative estimate of drug-likeness (QED) is 0.494. The number of methoxy groups -OCH3 is 1. The van der Waals surface area contributed by atoms with Crippen molar-refractivity contribution in [2.24, 2.45) is 5.41 Å². The maximum atomic E-state index is 12.9. The molecule has 0 amide bonds. The molecule has 9 heteroatoms. The van der Waals surface area contributed by atoms with Gasteiger partial charge < -0.3 is 19.1 Å². The van der Waals surface area contributed by atoms with Gasteiger partial charge in [0.25, 0.3) is 5.56 Å². The number of benzene rings is 1. The molecule has 0 atom stereocenters. The summed E-state index contributed by atoms with van der Waals surface area (Å²) in [6.45, 7) is 6.08. The van der Waals surface area contributed by atoms with Crippen molar-refractivity contribution >= 4 is 22.6 Å². The molecule has 0 fully saturated rings. The second-order valence-corrected chi connectivity index (χ2v) is 8.33. The lowest BCUT2D eigenvalue weighted by Gasteiger charge is -2.20. The molecule has 9 nitrogen and oxygen atoms in total. The maximum absolute atomic E-state index is 12.9. The summed E-state index contributed by atoms with van der Waals surface area (Å²) in [5, 5.41) is 0.345. The second kappa shape index (κ2) is 9.67. The van der Waals surface area contributed by atoms with Crippen LogP contribution in [-0.4, -0.2) is 47.8 Å². The fourth-order valence-corrected chi connectivity index (χ4v) is 2.90. The zero-order chi connectivity index (χ0) is 23.3. The van der Waals surface area contributed by atoms with Crippen molar-refractivity contribution in [3.8, 4) is 11.5 Å². The molecule has 2 aromatic heterocycles. The fraction of sp³-hybridized carbons (Fsp3) is 0.391. The van der Waals surface area contributed by atoms with E-state index in [1.807, 2.05) is 24.1 Å². The Morgan fingerprint density at radius 2 is 1.88 bits per heavy atom. The second-order valence-electron chi connectivity index (χ2n) is 8.33. The molecule has 0 radical (unpaired) electrons. The van der Waals surface area contributed by atoms with Crippen LogP contribution in [0.1, 0.15) is 20.8 Å². The van der Waals surface area contributed by atoms with Gasteiger partial charge in [0.05, 0.1) is 30.0 Å². The number of aromatic nitrogens is 3. The minimum atomic E-state index is -0.658. The van der Waals surface area contributed by atoms with E-state index in [0.29, 0.717) is 35.6 Å². The highest BCUT2D eigenvalue weighted by atomic mass is 16.5. The number of nitrogens with zero attached hydrogens (tertiary/aromatic N) is 4. The molecule has 0 saturated heterocycles. The summed E-state index contributed by atoms with van der Waals surface area (Å²) in [6.07, 6.45) is 4.83. The number of pyridine rings is 1. The normalized spacial score (nSPS) is 11.3. The predicted octanol–water partition coefficient (Wildman–Crippen LogP) is 2.86. The molecule has 2 heterocycles. The van der Waals surface area contributed by atoms with Crippen molar-refractivity contribution in [1.82, 2.24) is 14.5 Å². The third-order valence-corrected chi connectivity index (χ3v) is 4.84. The molecule has 170 valence electrons. The SMILES string of the molecule is COc1cc2c(=O)n(COC(=O)C(C)(C)C)cnc2cc1OCCN(C)c1ccncc1. The van der Waals surface area contributed by atoms with Crippen LogP contribution in [0.5, 0.6) is 11.5 Å². The van der Waals surface area contributed by atoms with Gasteiger partial charge in [-0.2, -0.15) is 0 Å². The first-order valence-corrected chi connectivity index (χ1v) is 10.2. The fourth-order valence-electron chi connectivity index (χ4n) is 2.90. The molecule has 0 saturated carbocycles. The van der Waals surface area contributed by atoms with Gasteiger partial charge in [-0.15, -0.1) is 0 Å². The van der Waals surface area contributed by atoms with Gasteiger partial charge in [-0.3, -0.25) is 19.1 Å². The van der Waals surface area contributed by atoms with E-state index in [1.165, 1.54) is 18.0 Å². The topological polar surface area (TPSA) is 95.8 Å². The van der Waals surface area contributed by atoms with Crippen molar-refractivity contribution in [3.05, 3.63) is 53.3 Å². The smallest absolute Gasteiger partial charge is 0.312 e. The Labute approximate surface area is 186 Å². The number of rotatable bonds is 8. The number of carbonyl (C=O) groups excluding carboxylic acids is 1. The third-order valence-electron chi connectivity index (χ3n) is 4.84. The van der Waals surface area contributed by atoms with E-state index in [0.717, 1.165) is 5.69 Å². The Bertz CT molecular complexity index is 1140. The summed E-state index contributed by atoms with van der Waals surface area (Å²) in [6, 6.07) is 7.11. The molecular formula is C23H28N4O5. The number of fused-ring (bicyclic) bond motifs is 1. The van der Waals surface area contributed by atoms with Crippen LogP contribution >= 0.6 is 0 Å². The van der Waals surface area contributed by atoms with Crippen molar-refractivity contribution in [2.45, 2.75) is 27.5 Å². The highest BCUT2D eigenvalue weighted by Crippen LogP contribution is 2.30. The average molecular weight is 441 g/mol. The van der Waals surface area contributed by atoms with Gasteiger partial charge in [0, 0.05) is 31.2 Å². The standard InChI is InChI=1S/C23H28N4O5/c1-23(2,3)22(29)32-15-27-14-25-18-13-20(19(30-5)12-17(18)21(27)28)31-11-10-26(4)16-6-8-24-9-7-16/h6-9,12-14H,10-11,15H2,1-5H3. The lowest BCUT2D eigenvalue weighted by molar-refractivity contribution is -0.157. The molecule has 0 spiro atoms. The van der Waals surface area contributed by atoms with Gasteiger partial charge in [-0.25, -0.2) is 4.98 Å². The van der Waals surface area contributed by atoms with E-state index < -0.39 is 11.4 Å². The Hall–Kier alpha value is -3.62. The number of hydrogen-bond donors (Lipinski definition) is 0. The first-order chi connectivity index (χ1) is 15.2. The van der Waals surface area contributed by atoms with Crippen LogP contribution in [-0.2, 0) is 16.3 Å². The number of carbonyl (C=O) groups is 1. The van der Waals surface area contributed by atoms with Gasteiger partial charge in [0.15, 0.2) is 18.2 Å². The number of likely N-dealkylation sites (N-methyl/N-ethyl adjacent to an activating group) is 1. The van der Waals surface area contributed by atoms with Crippen molar-refractivity contribution in [1.29, 1.82) is 0 Å². The van der Waals surface area contributed by atoms with Gasteiger partial charge in [0.2, 0.25) is 0 Å². The maximum Gasteiger partial charge on any atom is 0.312 e. The average Bonchev–Trinajstić information content (AvgIpc) is 2.78. The number of hydrogen-bond acceptors (Lipinski definition) is 8. The summed E-state index contributed by atoms with van der Waals surface area (Å²) in [5.41, 5.74) is 0.503. The summed E-state index contributed by atoms with van der Waals surface area (Å²) >= 11 is 0. The van der Waals surface area contributed by atoms with E-state index in [9.17, 15) is 9.59 Å². The first kappa shape index (κ1) is 23.1. The van der Waals surface area contributed by atoms with Gasteiger partial charge >= 0.3 is 5.97 Å². The predicted molar refractivity (Wildman–Crippen MR) is 121 cm³/mol. The monoisotopic (exact) mass is 440 g/mol. The van der Waals surface area contributed by atoms with E-state index in [-0.39, 0.29) is 12.3 Å². The van der Waals surface area contributed by atoms with Crippen molar-refractivity contribution in [3.63, 3.8) is 0 Å². The number of ether oxygens (including phenoxy) is 3. The van der Waals surface area contributed by atoms with Gasteiger partial charge in [-0.1, -0.05) is 0 Å². The lowest BCUT2D eigenvalue weighted by Crippen LogP contribution is -2.28. The molecule has 1 aromatic carbocycles. The highest BCUT2D eigenvalue weighted by Gasteiger charge is 2.23. The molecule has 0 aliphatic rings. The van der Waals surface area contributed by atoms with Gasteiger partial charge in [0.1, 0.15) is 12.9 Å². The van der Waals surface area contributed by atoms with Gasteiger partial charge in [-0.05, 0) is 39.0 Å². The van der Waals surface area contributed by atoms with E-state index in [4.69, 9.17) is 14.2 Å². The molecule has 0 aliphatic heterocycles. The van der Waals surface area contributed by atoms with Crippen LogP contribution in [0.3, 0.4) is 0 Å². The van der Waals surface area contributed by atoms with E-state index in [2.05, 4.69) is 9.97 Å². The Morgan fingerprint density at radius 1 is 1.16 bits per heavy atom. The minimum absolute atomic E-state index is 0.209. The Kier molecular flexibility index (Phi) is 6.97. The number of anilines is 1. The van der Waals surface area contributed by atoms with Crippen LogP contribution < -0.4 is 19.9 Å². The lowest BCUT2D eigenvalue weighted by atomic mass is 9.98. The Morgan fingerprint density at radius 3 is 2.53 bits per heavy atom. The third kappa shape index (κ3) is 5.35. The Balaban J connectivity index is 1.75. The first-order valence-electron chi connectivity index (χ1n) is 10.2. The van der Waals surface area contributed by atoms with Crippen LogP contribution in [0.15, 0.2) is 47.8 Å². The molecule has 0 unspecified atom stereocenters. The highest BCUT2D eigenvalue weighted by molar-refractivity contribution is 5.81. The summed E-state index contributed by atoms with van der Waals surface area (Å²) in [4.78, 5) is 35.2.